The van der Waals surface area contributed by atoms with Gasteiger partial charge in [0.05, 0.1) is 5.69 Å². The molecule has 1 atom stereocenters. The topological polar surface area (TPSA) is 53.7 Å². The molecule has 0 spiro atoms. The van der Waals surface area contributed by atoms with Crippen molar-refractivity contribution in [1.82, 2.24) is 15.4 Å². The molecule has 0 fully saturated rings. The van der Waals surface area contributed by atoms with Crippen LogP contribution >= 0.6 is 24.0 Å². The van der Waals surface area contributed by atoms with Crippen LogP contribution in [0.2, 0.25) is 0 Å². The predicted octanol–water partition coefficient (Wildman–Crippen LogP) is 3.71. The quantitative estimate of drug-likeness (QED) is 0.414. The number of aromatic nitrogens is 1. The van der Waals surface area contributed by atoms with E-state index in [0.29, 0.717) is 5.92 Å². The Bertz CT molecular complexity index is 439. The minimum absolute atomic E-state index is 0. The van der Waals surface area contributed by atoms with Gasteiger partial charge in [0.15, 0.2) is 5.96 Å². The van der Waals surface area contributed by atoms with Crippen LogP contribution < -0.4 is 5.32 Å². The second-order valence-corrected chi connectivity index (χ2v) is 5.61. The van der Waals surface area contributed by atoms with Gasteiger partial charge in [-0.3, -0.25) is 4.99 Å². The molecule has 1 aromatic heterocycles. The highest BCUT2D eigenvalue weighted by Crippen LogP contribution is 2.23. The van der Waals surface area contributed by atoms with Crippen LogP contribution in [0.3, 0.4) is 0 Å². The molecule has 128 valence electrons. The summed E-state index contributed by atoms with van der Waals surface area (Å²) in [4.78, 5) is 6.97. The Kier molecular flexibility index (Phi) is 10.5. The Morgan fingerprint density at radius 1 is 1.36 bits per heavy atom. The Morgan fingerprint density at radius 2 is 2.05 bits per heavy atom. The van der Waals surface area contributed by atoms with E-state index in [9.17, 15) is 0 Å². The first-order chi connectivity index (χ1) is 10.0. The van der Waals surface area contributed by atoms with E-state index in [1.165, 1.54) is 18.4 Å². The van der Waals surface area contributed by atoms with E-state index >= 15 is 0 Å². The number of guanidine groups is 1. The maximum atomic E-state index is 5.25. The number of rotatable bonds is 7. The normalized spacial score (nSPS) is 12.7. The van der Waals surface area contributed by atoms with Gasteiger partial charge in [-0.2, -0.15) is 0 Å². The van der Waals surface area contributed by atoms with E-state index in [1.807, 2.05) is 13.8 Å². The molecule has 1 unspecified atom stereocenters. The smallest absolute Gasteiger partial charge is 0.193 e. The number of hydrogen-bond donors (Lipinski definition) is 1. The molecule has 0 saturated carbocycles. The van der Waals surface area contributed by atoms with Gasteiger partial charge in [0.2, 0.25) is 0 Å². The molecule has 1 heterocycles. The number of nitrogens with one attached hydrogen (secondary N) is 1. The highest BCUT2D eigenvalue weighted by atomic mass is 127. The van der Waals surface area contributed by atoms with Gasteiger partial charge in [-0.15, -0.1) is 24.0 Å². The first-order valence-electron chi connectivity index (χ1n) is 7.93. The van der Waals surface area contributed by atoms with E-state index in [2.05, 4.69) is 43.2 Å². The van der Waals surface area contributed by atoms with E-state index in [1.54, 1.807) is 0 Å². The zero-order chi connectivity index (χ0) is 15.8. The van der Waals surface area contributed by atoms with E-state index < -0.39 is 0 Å². The third-order valence-electron chi connectivity index (χ3n) is 3.64. The lowest BCUT2D eigenvalue weighted by atomic mass is 10.00. The van der Waals surface area contributed by atoms with Crippen molar-refractivity contribution in [3.63, 3.8) is 0 Å². The second kappa shape index (κ2) is 10.9. The van der Waals surface area contributed by atoms with Crippen LogP contribution in [0.5, 0.6) is 0 Å². The summed E-state index contributed by atoms with van der Waals surface area (Å²) in [5.41, 5.74) is 2.16. The van der Waals surface area contributed by atoms with Crippen LogP contribution in [0.4, 0.5) is 0 Å². The Morgan fingerprint density at radius 3 is 2.55 bits per heavy atom. The summed E-state index contributed by atoms with van der Waals surface area (Å²) in [5, 5.41) is 7.38. The number of aliphatic imine (C=N–C) groups is 1. The number of aryl methyl sites for hydroxylation is 2. The van der Waals surface area contributed by atoms with E-state index in [4.69, 9.17) is 9.52 Å². The summed E-state index contributed by atoms with van der Waals surface area (Å²) in [6, 6.07) is 0. The first-order valence-corrected chi connectivity index (χ1v) is 7.93. The van der Waals surface area contributed by atoms with Crippen molar-refractivity contribution in [3.8, 4) is 0 Å². The minimum Gasteiger partial charge on any atom is -0.361 e. The number of halogens is 1. The van der Waals surface area contributed by atoms with Gasteiger partial charge in [0.25, 0.3) is 0 Å². The molecule has 0 aliphatic rings. The summed E-state index contributed by atoms with van der Waals surface area (Å²) in [5.74, 6) is 2.19. The maximum Gasteiger partial charge on any atom is 0.193 e. The first kappa shape index (κ1) is 21.2. The molecule has 1 N–H and O–H groups in total. The van der Waals surface area contributed by atoms with Gasteiger partial charge in [-0.05, 0) is 27.2 Å². The monoisotopic (exact) mass is 422 g/mol. The maximum absolute atomic E-state index is 5.25. The van der Waals surface area contributed by atoms with Gasteiger partial charge < -0.3 is 14.7 Å². The molecule has 0 aliphatic heterocycles. The minimum atomic E-state index is 0. The number of unbranched alkanes of at least 4 members (excludes halogenated alkanes) is 1. The third kappa shape index (κ3) is 6.14. The zero-order valence-electron chi connectivity index (χ0n) is 14.8. The Hall–Kier alpha value is -0.790. The Balaban J connectivity index is 0.00000441. The summed E-state index contributed by atoms with van der Waals surface area (Å²) in [7, 11) is 2.09. The summed E-state index contributed by atoms with van der Waals surface area (Å²) < 4.78 is 5.25. The lowest BCUT2D eigenvalue weighted by Gasteiger charge is -2.22. The fourth-order valence-corrected chi connectivity index (χ4v) is 2.48. The van der Waals surface area contributed by atoms with Gasteiger partial charge in [-0.25, -0.2) is 0 Å². The number of nitrogens with zero attached hydrogens (tertiary/aromatic N) is 3. The van der Waals surface area contributed by atoms with Crippen molar-refractivity contribution in [1.29, 1.82) is 0 Å². The fraction of sp³-hybridized carbons (Fsp3) is 0.750. The molecule has 5 nitrogen and oxygen atoms in total. The van der Waals surface area contributed by atoms with Crippen molar-refractivity contribution in [3.05, 3.63) is 17.0 Å². The third-order valence-corrected chi connectivity index (χ3v) is 3.64. The lowest BCUT2D eigenvalue weighted by Crippen LogP contribution is -2.39. The summed E-state index contributed by atoms with van der Waals surface area (Å²) in [6.45, 7) is 13.1. The van der Waals surface area contributed by atoms with Crippen LogP contribution in [0.15, 0.2) is 9.52 Å². The molecule has 0 amide bonds. The van der Waals surface area contributed by atoms with Gasteiger partial charge in [0, 0.05) is 38.2 Å². The van der Waals surface area contributed by atoms with Crippen LogP contribution in [-0.4, -0.2) is 42.7 Å². The van der Waals surface area contributed by atoms with E-state index in [0.717, 1.165) is 37.0 Å². The summed E-state index contributed by atoms with van der Waals surface area (Å²) >= 11 is 0. The summed E-state index contributed by atoms with van der Waals surface area (Å²) in [6.07, 6.45) is 2.37. The van der Waals surface area contributed by atoms with Crippen molar-refractivity contribution >= 4 is 29.9 Å². The zero-order valence-corrected chi connectivity index (χ0v) is 17.1. The number of hydrogen-bond acceptors (Lipinski definition) is 3. The van der Waals surface area contributed by atoms with Crippen molar-refractivity contribution in [2.45, 2.75) is 53.4 Å². The standard InChI is InChI=1S/C16H30N4O.HI/c1-7-9-10-20(6)16(17-8-2)18-11-12(3)15-13(4)19-21-14(15)5;/h12H,7-11H2,1-6H3,(H,17,18);1H. The molecular formula is C16H31IN4O. The molecule has 0 aliphatic carbocycles. The fourth-order valence-electron chi connectivity index (χ4n) is 2.48. The highest BCUT2D eigenvalue weighted by Gasteiger charge is 2.16. The second-order valence-electron chi connectivity index (χ2n) is 5.61. The van der Waals surface area contributed by atoms with Gasteiger partial charge in [-0.1, -0.05) is 25.4 Å². The van der Waals surface area contributed by atoms with Gasteiger partial charge >= 0.3 is 0 Å². The largest absolute Gasteiger partial charge is 0.361 e. The van der Waals surface area contributed by atoms with Crippen molar-refractivity contribution < 1.29 is 4.52 Å². The average molecular weight is 422 g/mol. The lowest BCUT2D eigenvalue weighted by molar-refractivity contribution is 0.391. The molecule has 6 heteroatoms. The molecule has 22 heavy (non-hydrogen) atoms. The van der Waals surface area contributed by atoms with Crippen molar-refractivity contribution in [2.75, 3.05) is 26.7 Å². The molecule has 1 rings (SSSR count). The molecule has 0 aromatic carbocycles. The van der Waals surface area contributed by atoms with Crippen LogP contribution in [-0.2, 0) is 0 Å². The molecule has 0 bridgehead atoms. The SMILES string of the molecule is CCCCN(C)C(=NCC(C)c1c(C)noc1C)NCC.I. The van der Waals surface area contributed by atoms with Crippen LogP contribution in [0.1, 0.15) is 56.5 Å². The van der Waals surface area contributed by atoms with Gasteiger partial charge in [0.1, 0.15) is 5.76 Å². The molecule has 0 saturated heterocycles. The average Bonchev–Trinajstić information content (AvgIpc) is 2.79. The van der Waals surface area contributed by atoms with Crippen LogP contribution in [0.25, 0.3) is 0 Å². The molecule has 0 radical (unpaired) electrons. The molecule has 1 aromatic rings. The Labute approximate surface area is 151 Å². The van der Waals surface area contributed by atoms with E-state index in [-0.39, 0.29) is 24.0 Å². The molecular weight excluding hydrogens is 391 g/mol. The predicted molar refractivity (Wildman–Crippen MR) is 103 cm³/mol. The van der Waals surface area contributed by atoms with Crippen molar-refractivity contribution in [2.24, 2.45) is 4.99 Å². The highest BCUT2D eigenvalue weighted by molar-refractivity contribution is 14.0. The van der Waals surface area contributed by atoms with Crippen LogP contribution in [0, 0.1) is 13.8 Å².